The van der Waals surface area contributed by atoms with Crippen molar-refractivity contribution in [1.29, 1.82) is 0 Å². The molecule has 0 amide bonds. The molecule has 0 aliphatic carbocycles. The first-order valence-corrected chi connectivity index (χ1v) is 10.4. The van der Waals surface area contributed by atoms with E-state index >= 15 is 0 Å². The molecule has 1 fully saturated rings. The number of hydrogen-bond acceptors (Lipinski definition) is 7. The molecule has 2 aliphatic rings. The van der Waals surface area contributed by atoms with Crippen LogP contribution in [0, 0.1) is 16.0 Å². The highest BCUT2D eigenvalue weighted by molar-refractivity contribution is 6.01. The van der Waals surface area contributed by atoms with Crippen LogP contribution in [0.4, 0.5) is 5.69 Å². The lowest BCUT2D eigenvalue weighted by Crippen LogP contribution is -2.33. The topological polar surface area (TPSA) is 116 Å². The van der Waals surface area contributed by atoms with E-state index < -0.39 is 28.5 Å². The van der Waals surface area contributed by atoms with Crippen molar-refractivity contribution in [2.75, 3.05) is 6.61 Å². The van der Waals surface area contributed by atoms with Gasteiger partial charge in [0.25, 0.3) is 5.69 Å². The zero-order valence-electron chi connectivity index (χ0n) is 17.3. The van der Waals surface area contributed by atoms with Gasteiger partial charge < -0.3 is 14.6 Å². The molecule has 0 saturated carbocycles. The Balaban J connectivity index is 1.40. The van der Waals surface area contributed by atoms with Gasteiger partial charge in [0, 0.05) is 12.1 Å². The van der Waals surface area contributed by atoms with E-state index in [4.69, 9.17) is 9.47 Å². The minimum absolute atomic E-state index is 0.0859. The highest BCUT2D eigenvalue weighted by atomic mass is 16.6. The number of carbonyl (C=O) groups is 2. The summed E-state index contributed by atoms with van der Waals surface area (Å²) >= 11 is 0. The number of nitro groups is 1. The third-order valence-corrected chi connectivity index (χ3v) is 6.28. The lowest BCUT2D eigenvalue weighted by Gasteiger charge is -2.28. The molecule has 3 aromatic carbocycles. The van der Waals surface area contributed by atoms with E-state index in [1.165, 1.54) is 30.3 Å². The highest BCUT2D eigenvalue weighted by Gasteiger charge is 2.58. The monoisotopic (exact) mass is 445 g/mol. The van der Waals surface area contributed by atoms with Gasteiger partial charge in [0.15, 0.2) is 5.78 Å². The van der Waals surface area contributed by atoms with Gasteiger partial charge in [-0.3, -0.25) is 14.9 Å². The van der Waals surface area contributed by atoms with Crippen molar-refractivity contribution in [1.82, 2.24) is 0 Å². The van der Waals surface area contributed by atoms with E-state index in [-0.39, 0.29) is 35.0 Å². The van der Waals surface area contributed by atoms with Gasteiger partial charge >= 0.3 is 5.97 Å². The van der Waals surface area contributed by atoms with Crippen LogP contribution in [-0.4, -0.2) is 28.4 Å². The fourth-order valence-electron chi connectivity index (χ4n) is 4.72. The van der Waals surface area contributed by atoms with Crippen LogP contribution < -0.4 is 0 Å². The number of fused-ring (bicyclic) bond motifs is 5. The number of para-hydroxylation sites is 1. The van der Waals surface area contributed by atoms with E-state index in [0.29, 0.717) is 6.42 Å². The van der Waals surface area contributed by atoms with Crippen LogP contribution in [0.25, 0.3) is 0 Å². The average Bonchev–Trinajstić information content (AvgIpc) is 3.38. The molecule has 2 heterocycles. The molecule has 0 unspecified atom stereocenters. The molecule has 8 nitrogen and oxygen atoms in total. The number of ether oxygens (including phenoxy) is 2. The molecule has 0 aromatic heterocycles. The zero-order valence-corrected chi connectivity index (χ0v) is 17.3. The summed E-state index contributed by atoms with van der Waals surface area (Å²) < 4.78 is 11.8. The predicted octanol–water partition coefficient (Wildman–Crippen LogP) is 4.33. The van der Waals surface area contributed by atoms with Crippen LogP contribution in [0.3, 0.4) is 0 Å². The van der Waals surface area contributed by atoms with E-state index in [0.717, 1.165) is 11.1 Å². The number of nitro benzene ring substituents is 1. The number of non-ortho nitro benzene ring substituents is 1. The fourth-order valence-corrected chi connectivity index (χ4v) is 4.72. The molecule has 0 radical (unpaired) electrons. The number of aromatic hydroxyl groups is 1. The van der Waals surface area contributed by atoms with E-state index in [9.17, 15) is 24.8 Å². The summed E-state index contributed by atoms with van der Waals surface area (Å²) in [6.45, 7) is -0.110. The van der Waals surface area contributed by atoms with Crippen LogP contribution in [0.15, 0.2) is 72.8 Å². The summed E-state index contributed by atoms with van der Waals surface area (Å²) in [6, 6.07) is 19.1. The molecule has 8 heteroatoms. The van der Waals surface area contributed by atoms with Crippen LogP contribution in [0.5, 0.6) is 5.75 Å². The second-order valence-corrected chi connectivity index (χ2v) is 8.19. The number of Topliss-reactive ketones (excluding diaryl/α,β-unsaturated/α-hetero) is 1. The van der Waals surface area contributed by atoms with Gasteiger partial charge in [-0.25, -0.2) is 4.79 Å². The lowest BCUT2D eigenvalue weighted by molar-refractivity contribution is -0.384. The Labute approximate surface area is 188 Å². The first-order chi connectivity index (χ1) is 15.9. The SMILES string of the molecule is O=C(OC[C@]12C[C@H](C(=O)c3ccccc3O)[C@H](O1)c1ccccc12)c1ccc([N+](=O)[O-])cc1. The number of ketones is 1. The summed E-state index contributed by atoms with van der Waals surface area (Å²) in [6.07, 6.45) is -0.207. The van der Waals surface area contributed by atoms with E-state index in [2.05, 4.69) is 0 Å². The van der Waals surface area contributed by atoms with Gasteiger partial charge in [-0.15, -0.1) is 0 Å². The van der Waals surface area contributed by atoms with Crippen molar-refractivity contribution in [2.45, 2.75) is 18.1 Å². The maximum atomic E-state index is 13.3. The first-order valence-electron chi connectivity index (χ1n) is 10.4. The summed E-state index contributed by atoms with van der Waals surface area (Å²) in [5, 5.41) is 21.0. The highest BCUT2D eigenvalue weighted by Crippen LogP contribution is 2.58. The van der Waals surface area contributed by atoms with Crippen LogP contribution in [0.2, 0.25) is 0 Å². The summed E-state index contributed by atoms with van der Waals surface area (Å²) in [4.78, 5) is 36.1. The van der Waals surface area contributed by atoms with E-state index in [1.54, 1.807) is 18.2 Å². The molecule has 166 valence electrons. The van der Waals surface area contributed by atoms with Crippen molar-refractivity contribution >= 4 is 17.4 Å². The number of phenols is 1. The van der Waals surface area contributed by atoms with Gasteiger partial charge in [-0.05, 0) is 41.8 Å². The second kappa shape index (κ2) is 7.83. The van der Waals surface area contributed by atoms with Gasteiger partial charge in [0.05, 0.1) is 28.1 Å². The smallest absolute Gasteiger partial charge is 0.338 e. The van der Waals surface area contributed by atoms with E-state index in [1.807, 2.05) is 24.3 Å². The standard InChI is InChI=1S/C25H19NO7/c27-21-8-4-2-6-18(21)22(28)19-13-25(20-7-3-1-5-17(20)23(19)33-25)14-32-24(29)15-9-11-16(12-10-15)26(30)31/h1-12,19,23,27H,13-14H2/t19-,23-,25+/m1/s1. The van der Waals surface area contributed by atoms with Crippen LogP contribution in [0.1, 0.15) is 44.4 Å². The minimum atomic E-state index is -0.984. The van der Waals surface area contributed by atoms with Crippen LogP contribution in [-0.2, 0) is 15.1 Å². The Bertz CT molecular complexity index is 1270. The molecule has 3 atom stereocenters. The number of nitrogens with zero attached hydrogens (tertiary/aromatic N) is 1. The number of esters is 1. The third kappa shape index (κ3) is 3.44. The number of phenolic OH excluding ortho intramolecular Hbond substituents is 1. The Morgan fingerprint density at radius 1 is 1.06 bits per heavy atom. The molecule has 2 aliphatic heterocycles. The quantitative estimate of drug-likeness (QED) is 0.260. The number of hydrogen-bond donors (Lipinski definition) is 1. The molecule has 3 aromatic rings. The summed E-state index contributed by atoms with van der Waals surface area (Å²) in [5.74, 6) is -1.49. The van der Waals surface area contributed by atoms with Crippen LogP contribution >= 0.6 is 0 Å². The summed E-state index contributed by atoms with van der Waals surface area (Å²) in [7, 11) is 0. The van der Waals surface area contributed by atoms with Gasteiger partial charge in [-0.1, -0.05) is 36.4 Å². The van der Waals surface area contributed by atoms with Crippen molar-refractivity contribution in [2.24, 2.45) is 5.92 Å². The molecule has 2 bridgehead atoms. The maximum Gasteiger partial charge on any atom is 0.338 e. The maximum absolute atomic E-state index is 13.3. The van der Waals surface area contributed by atoms with Crippen molar-refractivity contribution in [3.8, 4) is 5.75 Å². The molecule has 1 saturated heterocycles. The van der Waals surface area contributed by atoms with Gasteiger partial charge in [-0.2, -0.15) is 0 Å². The summed E-state index contributed by atoms with van der Waals surface area (Å²) in [5.41, 5.74) is 1.04. The average molecular weight is 445 g/mol. The van der Waals surface area contributed by atoms with Crippen molar-refractivity contribution in [3.05, 3.63) is 105 Å². The molecule has 5 rings (SSSR count). The molecular formula is C25H19NO7. The van der Waals surface area contributed by atoms with Gasteiger partial charge in [0.2, 0.25) is 0 Å². The Morgan fingerprint density at radius 3 is 2.48 bits per heavy atom. The fraction of sp³-hybridized carbons (Fsp3) is 0.200. The normalized spacial score (nSPS) is 22.5. The largest absolute Gasteiger partial charge is 0.507 e. The third-order valence-electron chi connectivity index (χ3n) is 6.28. The van der Waals surface area contributed by atoms with Gasteiger partial charge in [0.1, 0.15) is 18.0 Å². The first kappa shape index (κ1) is 20.8. The number of rotatable bonds is 6. The Hall–Kier alpha value is -4.04. The predicted molar refractivity (Wildman–Crippen MR) is 116 cm³/mol. The number of benzene rings is 3. The lowest BCUT2D eigenvalue weighted by atomic mass is 9.74. The molecule has 1 N–H and O–H groups in total. The molecule has 0 spiro atoms. The molecular weight excluding hydrogens is 426 g/mol. The number of carbonyl (C=O) groups excluding carboxylic acids is 2. The second-order valence-electron chi connectivity index (χ2n) is 8.19. The zero-order chi connectivity index (χ0) is 23.2. The Morgan fingerprint density at radius 2 is 1.76 bits per heavy atom. The molecule has 33 heavy (non-hydrogen) atoms. The minimum Gasteiger partial charge on any atom is -0.507 e. The van der Waals surface area contributed by atoms with Crippen molar-refractivity contribution in [3.63, 3.8) is 0 Å². The van der Waals surface area contributed by atoms with Crippen molar-refractivity contribution < 1.29 is 29.1 Å². The Kier molecular flexibility index (Phi) is 4.94.